The number of hydrogen-bond acceptors (Lipinski definition) is 2. The molecule has 1 aromatic carbocycles. The molecule has 1 aromatic rings. The minimum absolute atomic E-state index is 0.456. The summed E-state index contributed by atoms with van der Waals surface area (Å²) in [6.07, 6.45) is 6.20. The van der Waals surface area contributed by atoms with Crippen LogP contribution in [0.5, 0.6) is 0 Å². The predicted molar refractivity (Wildman–Crippen MR) is 84.2 cm³/mol. The molecule has 0 bridgehead atoms. The summed E-state index contributed by atoms with van der Waals surface area (Å²) in [7, 11) is 0. The Kier molecular flexibility index (Phi) is 6.73. The first-order chi connectivity index (χ1) is 8.67. The first-order valence-electron chi connectivity index (χ1n) is 6.83. The van der Waals surface area contributed by atoms with Crippen molar-refractivity contribution in [1.82, 2.24) is 0 Å². The molecule has 0 saturated heterocycles. The lowest BCUT2D eigenvalue weighted by Crippen LogP contribution is -2.19. The highest BCUT2D eigenvalue weighted by Gasteiger charge is 2.07. The summed E-state index contributed by atoms with van der Waals surface area (Å²) in [5.74, 6) is 0. The van der Waals surface area contributed by atoms with E-state index in [9.17, 15) is 0 Å². The van der Waals surface area contributed by atoms with Crippen molar-refractivity contribution in [1.29, 1.82) is 0 Å². The number of benzene rings is 1. The average Bonchev–Trinajstić information content (AvgIpc) is 2.37. The van der Waals surface area contributed by atoms with E-state index in [4.69, 9.17) is 18.0 Å². The molecule has 1 atom stereocenters. The van der Waals surface area contributed by atoms with E-state index in [-0.39, 0.29) is 0 Å². The van der Waals surface area contributed by atoms with Crippen molar-refractivity contribution in [2.45, 2.75) is 52.0 Å². The number of thiocarbonyl (C=S) groups is 1. The smallest absolute Gasteiger partial charge is 0.103 e. The monoisotopic (exact) mass is 264 g/mol. The van der Waals surface area contributed by atoms with Gasteiger partial charge >= 0.3 is 0 Å². The van der Waals surface area contributed by atoms with Gasteiger partial charge in [-0.3, -0.25) is 0 Å². The molecule has 0 amide bonds. The summed E-state index contributed by atoms with van der Waals surface area (Å²) >= 11 is 4.95. The highest BCUT2D eigenvalue weighted by atomic mass is 32.1. The largest absolute Gasteiger partial charge is 0.389 e. The highest BCUT2D eigenvalue weighted by Crippen LogP contribution is 2.16. The Hall–Kier alpha value is -1.09. The summed E-state index contributed by atoms with van der Waals surface area (Å²) in [6, 6.07) is 8.65. The zero-order chi connectivity index (χ0) is 13.4. The van der Waals surface area contributed by atoms with E-state index in [2.05, 4.69) is 31.3 Å². The summed E-state index contributed by atoms with van der Waals surface area (Å²) in [4.78, 5) is 0.456. The SMILES string of the molecule is CCCCC(CCC)Nc1ccc(C(N)=S)cc1. The van der Waals surface area contributed by atoms with Crippen molar-refractivity contribution < 1.29 is 0 Å². The normalized spacial score (nSPS) is 12.1. The fourth-order valence-electron chi connectivity index (χ4n) is 2.05. The second-order valence-electron chi connectivity index (χ2n) is 4.71. The van der Waals surface area contributed by atoms with Crippen LogP contribution in [0.25, 0.3) is 0 Å². The Balaban J connectivity index is 2.59. The molecule has 0 aliphatic rings. The number of unbranched alkanes of at least 4 members (excludes halogenated alkanes) is 1. The second-order valence-corrected chi connectivity index (χ2v) is 5.15. The van der Waals surface area contributed by atoms with Gasteiger partial charge in [-0.25, -0.2) is 0 Å². The van der Waals surface area contributed by atoms with Crippen LogP contribution in [0.3, 0.4) is 0 Å². The Labute approximate surface area is 116 Å². The van der Waals surface area contributed by atoms with E-state index in [0.717, 1.165) is 11.3 Å². The summed E-state index contributed by atoms with van der Waals surface area (Å²) in [5.41, 5.74) is 7.67. The van der Waals surface area contributed by atoms with Crippen molar-refractivity contribution in [3.8, 4) is 0 Å². The molecule has 2 nitrogen and oxygen atoms in total. The van der Waals surface area contributed by atoms with Crippen molar-refractivity contribution in [3.05, 3.63) is 29.8 Å². The van der Waals surface area contributed by atoms with Gasteiger partial charge in [0.05, 0.1) is 0 Å². The van der Waals surface area contributed by atoms with Crippen LogP contribution < -0.4 is 11.1 Å². The Bertz CT molecular complexity index is 359. The summed E-state index contributed by atoms with van der Waals surface area (Å²) in [5, 5.41) is 3.60. The molecular weight excluding hydrogens is 240 g/mol. The third-order valence-electron chi connectivity index (χ3n) is 3.08. The van der Waals surface area contributed by atoms with Crippen LogP contribution in [0.4, 0.5) is 5.69 Å². The first kappa shape index (κ1) is 15.0. The van der Waals surface area contributed by atoms with Crippen molar-refractivity contribution in [2.75, 3.05) is 5.32 Å². The van der Waals surface area contributed by atoms with E-state index < -0.39 is 0 Å². The molecule has 0 heterocycles. The molecule has 100 valence electrons. The highest BCUT2D eigenvalue weighted by molar-refractivity contribution is 7.80. The Morgan fingerprint density at radius 3 is 2.33 bits per heavy atom. The van der Waals surface area contributed by atoms with Crippen LogP contribution in [0.15, 0.2) is 24.3 Å². The Morgan fingerprint density at radius 1 is 1.17 bits per heavy atom. The van der Waals surface area contributed by atoms with Crippen LogP contribution in [-0.2, 0) is 0 Å². The molecule has 3 N–H and O–H groups in total. The average molecular weight is 264 g/mol. The van der Waals surface area contributed by atoms with Gasteiger partial charge < -0.3 is 11.1 Å². The minimum atomic E-state index is 0.456. The van der Waals surface area contributed by atoms with Gasteiger partial charge in [-0.1, -0.05) is 45.3 Å². The molecule has 1 unspecified atom stereocenters. The molecule has 1 rings (SSSR count). The van der Waals surface area contributed by atoms with Gasteiger partial charge in [0.2, 0.25) is 0 Å². The minimum Gasteiger partial charge on any atom is -0.389 e. The van der Waals surface area contributed by atoms with Crippen molar-refractivity contribution >= 4 is 22.9 Å². The van der Waals surface area contributed by atoms with Gasteiger partial charge in [0.1, 0.15) is 4.99 Å². The fraction of sp³-hybridized carbons (Fsp3) is 0.533. The molecule has 18 heavy (non-hydrogen) atoms. The van der Waals surface area contributed by atoms with E-state index >= 15 is 0 Å². The molecular formula is C15H24N2S. The lowest BCUT2D eigenvalue weighted by atomic mass is 10.0. The van der Waals surface area contributed by atoms with Gasteiger partial charge in [0.15, 0.2) is 0 Å². The van der Waals surface area contributed by atoms with Gasteiger partial charge in [0, 0.05) is 17.3 Å². The van der Waals surface area contributed by atoms with Crippen molar-refractivity contribution in [2.24, 2.45) is 5.73 Å². The molecule has 3 heteroatoms. The number of nitrogens with two attached hydrogens (primary N) is 1. The second kappa shape index (κ2) is 8.09. The van der Waals surface area contributed by atoms with E-state index in [1.165, 1.54) is 32.1 Å². The molecule has 0 radical (unpaired) electrons. The van der Waals surface area contributed by atoms with Crippen LogP contribution in [0.2, 0.25) is 0 Å². The summed E-state index contributed by atoms with van der Waals surface area (Å²) < 4.78 is 0. The third kappa shape index (κ3) is 5.05. The number of rotatable bonds is 8. The van der Waals surface area contributed by atoms with Gasteiger partial charge in [0.25, 0.3) is 0 Å². The van der Waals surface area contributed by atoms with Crippen molar-refractivity contribution in [3.63, 3.8) is 0 Å². The topological polar surface area (TPSA) is 38.0 Å². The van der Waals surface area contributed by atoms with E-state index in [1.807, 2.05) is 12.1 Å². The molecule has 0 spiro atoms. The zero-order valence-electron chi connectivity index (χ0n) is 11.4. The number of nitrogens with one attached hydrogen (secondary N) is 1. The zero-order valence-corrected chi connectivity index (χ0v) is 12.2. The van der Waals surface area contributed by atoms with Gasteiger partial charge in [-0.2, -0.15) is 0 Å². The van der Waals surface area contributed by atoms with Crippen LogP contribution in [0, 0.1) is 0 Å². The number of anilines is 1. The number of hydrogen-bond donors (Lipinski definition) is 2. The van der Waals surface area contributed by atoms with Gasteiger partial charge in [-0.15, -0.1) is 0 Å². The van der Waals surface area contributed by atoms with Crippen LogP contribution in [-0.4, -0.2) is 11.0 Å². The maximum Gasteiger partial charge on any atom is 0.103 e. The van der Waals surface area contributed by atoms with Gasteiger partial charge in [-0.05, 0) is 37.1 Å². The maximum absolute atomic E-state index is 5.59. The van der Waals surface area contributed by atoms with Crippen LogP contribution in [0.1, 0.15) is 51.5 Å². The Morgan fingerprint density at radius 2 is 1.83 bits per heavy atom. The molecule has 0 aromatic heterocycles. The molecule has 0 fully saturated rings. The van der Waals surface area contributed by atoms with E-state index in [0.29, 0.717) is 11.0 Å². The molecule has 0 saturated carbocycles. The maximum atomic E-state index is 5.59. The van der Waals surface area contributed by atoms with E-state index in [1.54, 1.807) is 0 Å². The fourth-order valence-corrected chi connectivity index (χ4v) is 2.19. The standard InChI is InChI=1S/C15H24N2S/c1-3-5-7-13(6-4-2)17-14-10-8-12(9-11-14)15(16)18/h8-11,13,17H,3-7H2,1-2H3,(H2,16,18). The first-order valence-corrected chi connectivity index (χ1v) is 7.24. The summed E-state index contributed by atoms with van der Waals surface area (Å²) in [6.45, 7) is 4.47. The third-order valence-corrected chi connectivity index (χ3v) is 3.32. The lowest BCUT2D eigenvalue weighted by Gasteiger charge is -2.19. The predicted octanol–water partition coefficient (Wildman–Crippen LogP) is 4.09. The lowest BCUT2D eigenvalue weighted by molar-refractivity contribution is 0.564. The molecule has 0 aliphatic carbocycles. The molecule has 0 aliphatic heterocycles. The quantitative estimate of drug-likeness (QED) is 0.694. The van der Waals surface area contributed by atoms with Crippen LogP contribution >= 0.6 is 12.2 Å².